The Morgan fingerprint density at radius 1 is 1.31 bits per heavy atom. The van der Waals surface area contributed by atoms with Crippen LogP contribution >= 0.6 is 0 Å². The van der Waals surface area contributed by atoms with E-state index >= 15 is 0 Å². The molecule has 0 amide bonds. The molecule has 78 valence electrons. The molecule has 0 aromatic heterocycles. The van der Waals surface area contributed by atoms with Gasteiger partial charge in [0.05, 0.1) is 0 Å². The summed E-state index contributed by atoms with van der Waals surface area (Å²) in [4.78, 5) is 0. The van der Waals surface area contributed by atoms with Crippen LogP contribution in [0.5, 0.6) is 0 Å². The van der Waals surface area contributed by atoms with E-state index in [1.54, 1.807) is 0 Å². The molecule has 1 unspecified atom stereocenters. The zero-order chi connectivity index (χ0) is 9.68. The molecule has 1 aliphatic carbocycles. The predicted molar refractivity (Wildman–Crippen MR) is 55.4 cm³/mol. The number of aliphatic hydroxyl groups excluding tert-OH is 1. The van der Waals surface area contributed by atoms with Crippen LogP contribution in [0, 0.1) is 11.8 Å². The summed E-state index contributed by atoms with van der Waals surface area (Å²) in [6.45, 7) is 5.29. The fourth-order valence-corrected chi connectivity index (χ4v) is 2.05. The average molecular weight is 185 g/mol. The Kier molecular flexibility index (Phi) is 4.74. The Morgan fingerprint density at radius 2 is 1.92 bits per heavy atom. The van der Waals surface area contributed by atoms with Crippen molar-refractivity contribution in [2.75, 3.05) is 6.54 Å². The van der Waals surface area contributed by atoms with E-state index in [9.17, 15) is 5.11 Å². The molecule has 1 rings (SSSR count). The molecular formula is C11H23NO. The molecule has 2 N–H and O–H groups in total. The number of aliphatic hydroxyl groups is 1. The van der Waals surface area contributed by atoms with Crippen LogP contribution < -0.4 is 5.32 Å². The molecule has 2 heteroatoms. The minimum absolute atomic E-state index is 0.291. The summed E-state index contributed by atoms with van der Waals surface area (Å²) >= 11 is 0. The molecule has 0 bridgehead atoms. The topological polar surface area (TPSA) is 32.3 Å². The molecule has 0 heterocycles. The maximum atomic E-state index is 9.57. The normalized spacial score (nSPS) is 21.2. The van der Waals surface area contributed by atoms with Gasteiger partial charge in [-0.15, -0.1) is 0 Å². The van der Waals surface area contributed by atoms with E-state index in [-0.39, 0.29) is 6.23 Å². The van der Waals surface area contributed by atoms with Gasteiger partial charge in [0.15, 0.2) is 0 Å². The summed E-state index contributed by atoms with van der Waals surface area (Å²) in [5.74, 6) is 1.40. The van der Waals surface area contributed by atoms with Crippen molar-refractivity contribution in [2.45, 2.75) is 52.2 Å². The summed E-state index contributed by atoms with van der Waals surface area (Å²) in [6, 6.07) is 0. The summed E-state index contributed by atoms with van der Waals surface area (Å²) in [5.41, 5.74) is 0. The lowest BCUT2D eigenvalue weighted by atomic mass is 10.1. The highest BCUT2D eigenvalue weighted by Gasteiger charge is 2.15. The summed E-state index contributed by atoms with van der Waals surface area (Å²) in [5, 5.41) is 12.8. The Hall–Kier alpha value is -0.0800. The second-order valence-corrected chi connectivity index (χ2v) is 4.70. The first-order valence-corrected chi connectivity index (χ1v) is 5.60. The van der Waals surface area contributed by atoms with Gasteiger partial charge in [-0.25, -0.2) is 0 Å². The fraction of sp³-hybridized carbons (Fsp3) is 1.00. The maximum Gasteiger partial charge on any atom is 0.105 e. The summed E-state index contributed by atoms with van der Waals surface area (Å²) in [7, 11) is 0. The van der Waals surface area contributed by atoms with E-state index in [2.05, 4.69) is 19.2 Å². The second kappa shape index (κ2) is 5.61. The minimum Gasteiger partial charge on any atom is -0.379 e. The monoisotopic (exact) mass is 185 g/mol. The largest absolute Gasteiger partial charge is 0.379 e. The quantitative estimate of drug-likeness (QED) is 0.643. The third kappa shape index (κ3) is 4.63. The van der Waals surface area contributed by atoms with E-state index in [1.165, 1.54) is 25.7 Å². The molecule has 0 aliphatic heterocycles. The number of hydrogen-bond acceptors (Lipinski definition) is 2. The lowest BCUT2D eigenvalue weighted by molar-refractivity contribution is 0.109. The highest BCUT2D eigenvalue weighted by Crippen LogP contribution is 2.23. The van der Waals surface area contributed by atoms with E-state index < -0.39 is 0 Å². The van der Waals surface area contributed by atoms with Gasteiger partial charge >= 0.3 is 0 Å². The van der Waals surface area contributed by atoms with Gasteiger partial charge in [-0.05, 0) is 31.1 Å². The van der Waals surface area contributed by atoms with Crippen LogP contribution in [0.1, 0.15) is 46.0 Å². The molecular weight excluding hydrogens is 162 g/mol. The standard InChI is InChI=1S/C11H23NO/c1-9(2)7-11(13)12-8-10-5-3-4-6-10/h9-13H,3-8H2,1-2H3. The Morgan fingerprint density at radius 3 is 2.46 bits per heavy atom. The van der Waals surface area contributed by atoms with Gasteiger partial charge in [0.2, 0.25) is 0 Å². The second-order valence-electron chi connectivity index (χ2n) is 4.70. The first kappa shape index (κ1) is 11.0. The maximum absolute atomic E-state index is 9.57. The van der Waals surface area contributed by atoms with Crippen LogP contribution in [0.2, 0.25) is 0 Å². The molecule has 0 spiro atoms. The van der Waals surface area contributed by atoms with Gasteiger partial charge < -0.3 is 5.11 Å². The van der Waals surface area contributed by atoms with Gasteiger partial charge in [-0.2, -0.15) is 0 Å². The number of hydrogen-bond donors (Lipinski definition) is 2. The van der Waals surface area contributed by atoms with Crippen molar-refractivity contribution in [2.24, 2.45) is 11.8 Å². The first-order valence-electron chi connectivity index (χ1n) is 5.60. The van der Waals surface area contributed by atoms with Crippen molar-refractivity contribution in [1.29, 1.82) is 0 Å². The molecule has 2 nitrogen and oxygen atoms in total. The lowest BCUT2D eigenvalue weighted by Gasteiger charge is -2.17. The van der Waals surface area contributed by atoms with Crippen molar-refractivity contribution in [1.82, 2.24) is 5.32 Å². The van der Waals surface area contributed by atoms with Crippen molar-refractivity contribution < 1.29 is 5.11 Å². The molecule has 0 radical (unpaired) electrons. The van der Waals surface area contributed by atoms with E-state index in [0.717, 1.165) is 18.9 Å². The molecule has 0 aromatic carbocycles. The minimum atomic E-state index is -0.291. The van der Waals surface area contributed by atoms with E-state index in [1.807, 2.05) is 0 Å². The van der Waals surface area contributed by atoms with Crippen LogP contribution in [0.25, 0.3) is 0 Å². The Labute approximate surface area is 81.7 Å². The third-order valence-electron chi connectivity index (χ3n) is 2.81. The van der Waals surface area contributed by atoms with Crippen LogP contribution in [0.4, 0.5) is 0 Å². The van der Waals surface area contributed by atoms with Crippen molar-refractivity contribution in [3.63, 3.8) is 0 Å². The molecule has 1 atom stereocenters. The van der Waals surface area contributed by atoms with Crippen molar-refractivity contribution in [3.8, 4) is 0 Å². The van der Waals surface area contributed by atoms with Crippen molar-refractivity contribution in [3.05, 3.63) is 0 Å². The Balaban J connectivity index is 2.03. The smallest absolute Gasteiger partial charge is 0.105 e. The Bertz CT molecular complexity index is 130. The summed E-state index contributed by atoms with van der Waals surface area (Å²) < 4.78 is 0. The van der Waals surface area contributed by atoms with Crippen LogP contribution in [-0.2, 0) is 0 Å². The zero-order valence-corrected chi connectivity index (χ0v) is 8.92. The lowest BCUT2D eigenvalue weighted by Crippen LogP contribution is -2.33. The zero-order valence-electron chi connectivity index (χ0n) is 8.92. The number of rotatable bonds is 5. The molecule has 0 saturated heterocycles. The number of nitrogens with one attached hydrogen (secondary N) is 1. The summed E-state index contributed by atoms with van der Waals surface area (Å²) in [6.07, 6.45) is 6.04. The first-order chi connectivity index (χ1) is 6.18. The van der Waals surface area contributed by atoms with Crippen LogP contribution in [0.15, 0.2) is 0 Å². The van der Waals surface area contributed by atoms with Gasteiger partial charge in [0.1, 0.15) is 6.23 Å². The molecule has 1 saturated carbocycles. The van der Waals surface area contributed by atoms with Gasteiger partial charge in [0.25, 0.3) is 0 Å². The van der Waals surface area contributed by atoms with Gasteiger partial charge in [-0.3, -0.25) is 5.32 Å². The molecule has 1 aliphatic rings. The fourth-order valence-electron chi connectivity index (χ4n) is 2.05. The van der Waals surface area contributed by atoms with Crippen LogP contribution in [0.3, 0.4) is 0 Å². The third-order valence-corrected chi connectivity index (χ3v) is 2.81. The van der Waals surface area contributed by atoms with Gasteiger partial charge in [0, 0.05) is 6.54 Å². The highest BCUT2D eigenvalue weighted by atomic mass is 16.3. The molecule has 0 aromatic rings. The van der Waals surface area contributed by atoms with E-state index in [0.29, 0.717) is 5.92 Å². The SMILES string of the molecule is CC(C)CC(O)NCC1CCCC1. The highest BCUT2D eigenvalue weighted by molar-refractivity contribution is 4.70. The average Bonchev–Trinajstić information content (AvgIpc) is 2.51. The molecule has 1 fully saturated rings. The predicted octanol–water partition coefficient (Wildman–Crippen LogP) is 2.13. The van der Waals surface area contributed by atoms with Gasteiger partial charge in [-0.1, -0.05) is 26.7 Å². The van der Waals surface area contributed by atoms with Crippen molar-refractivity contribution >= 4 is 0 Å². The molecule has 13 heavy (non-hydrogen) atoms. The van der Waals surface area contributed by atoms with E-state index in [4.69, 9.17) is 0 Å². The van der Waals surface area contributed by atoms with Crippen LogP contribution in [-0.4, -0.2) is 17.9 Å².